The number of phenols is 1. The molecule has 0 saturated carbocycles. The second kappa shape index (κ2) is 10.5. The van der Waals surface area contributed by atoms with E-state index in [4.69, 9.17) is 0 Å². The zero-order valence-electron chi connectivity index (χ0n) is 19.6. The van der Waals surface area contributed by atoms with Crippen molar-refractivity contribution in [3.8, 4) is 5.75 Å². The molecule has 4 rings (SSSR count). The van der Waals surface area contributed by atoms with Gasteiger partial charge in [0.15, 0.2) is 0 Å². The fraction of sp³-hybridized carbons (Fsp3) is 0.536. The van der Waals surface area contributed by atoms with Gasteiger partial charge in [-0.1, -0.05) is 56.3 Å². The highest BCUT2D eigenvalue weighted by Crippen LogP contribution is 2.43. The molecule has 2 heterocycles. The highest BCUT2D eigenvalue weighted by atomic mass is 16.3. The van der Waals surface area contributed by atoms with Gasteiger partial charge >= 0.3 is 0 Å². The first-order chi connectivity index (χ1) is 15.6. The molecule has 2 aliphatic rings. The van der Waals surface area contributed by atoms with Gasteiger partial charge in [-0.2, -0.15) is 0 Å². The molecule has 2 saturated heterocycles. The number of amides is 1. The van der Waals surface area contributed by atoms with E-state index in [0.717, 1.165) is 38.8 Å². The number of carbonyl (C=O) groups is 1. The molecule has 2 aliphatic heterocycles. The summed E-state index contributed by atoms with van der Waals surface area (Å²) in [6.07, 6.45) is 6.61. The molecule has 2 atom stereocenters. The average molecular weight is 435 g/mol. The number of hydrogen-bond donors (Lipinski definition) is 1. The van der Waals surface area contributed by atoms with E-state index >= 15 is 0 Å². The molecular weight excluding hydrogens is 396 g/mol. The molecule has 2 bridgehead atoms. The van der Waals surface area contributed by atoms with Crippen molar-refractivity contribution in [1.82, 2.24) is 9.80 Å². The molecule has 4 nitrogen and oxygen atoms in total. The van der Waals surface area contributed by atoms with Gasteiger partial charge in [0.1, 0.15) is 5.75 Å². The van der Waals surface area contributed by atoms with Gasteiger partial charge in [0.25, 0.3) is 0 Å². The minimum Gasteiger partial charge on any atom is -0.508 e. The van der Waals surface area contributed by atoms with E-state index in [9.17, 15) is 9.90 Å². The van der Waals surface area contributed by atoms with Crippen LogP contribution < -0.4 is 0 Å². The van der Waals surface area contributed by atoms with Crippen LogP contribution in [0.2, 0.25) is 0 Å². The van der Waals surface area contributed by atoms with Crippen molar-refractivity contribution in [2.75, 3.05) is 13.1 Å². The molecular formula is C28H38N2O2. The van der Waals surface area contributed by atoms with Crippen molar-refractivity contribution < 1.29 is 9.90 Å². The summed E-state index contributed by atoms with van der Waals surface area (Å²) >= 11 is 0. The third kappa shape index (κ3) is 5.17. The Bertz CT molecular complexity index is 866. The summed E-state index contributed by atoms with van der Waals surface area (Å²) < 4.78 is 0. The molecule has 2 unspecified atom stereocenters. The van der Waals surface area contributed by atoms with E-state index in [1.54, 1.807) is 6.07 Å². The Kier molecular flexibility index (Phi) is 7.51. The summed E-state index contributed by atoms with van der Waals surface area (Å²) in [5.41, 5.74) is 2.48. The van der Waals surface area contributed by atoms with Crippen LogP contribution in [-0.4, -0.2) is 46.0 Å². The zero-order chi connectivity index (χ0) is 22.5. The maximum atomic E-state index is 13.3. The second-order valence-corrected chi connectivity index (χ2v) is 9.64. The Morgan fingerprint density at radius 2 is 1.72 bits per heavy atom. The number of carbonyl (C=O) groups excluding carboxylic acids is 1. The summed E-state index contributed by atoms with van der Waals surface area (Å²) in [7, 11) is 0. The van der Waals surface area contributed by atoms with E-state index in [1.165, 1.54) is 24.0 Å². The molecule has 0 spiro atoms. The van der Waals surface area contributed by atoms with E-state index in [0.29, 0.717) is 36.2 Å². The molecule has 172 valence electrons. The average Bonchev–Trinajstić information content (AvgIpc) is 3.04. The molecule has 1 amide bonds. The van der Waals surface area contributed by atoms with Crippen molar-refractivity contribution in [1.29, 1.82) is 0 Å². The van der Waals surface area contributed by atoms with Gasteiger partial charge < -0.3 is 10.0 Å². The van der Waals surface area contributed by atoms with Crippen LogP contribution in [0.4, 0.5) is 0 Å². The lowest BCUT2D eigenvalue weighted by atomic mass is 9.85. The smallest absolute Gasteiger partial charge is 0.226 e. The Morgan fingerprint density at radius 3 is 2.34 bits per heavy atom. The number of phenolic OH excluding ortho intramolecular Hbond substituents is 1. The fourth-order valence-corrected chi connectivity index (χ4v) is 5.89. The van der Waals surface area contributed by atoms with Crippen LogP contribution in [-0.2, 0) is 11.3 Å². The third-order valence-electron chi connectivity index (χ3n) is 7.72. The SMILES string of the molecule is CCC(CC)C(=O)N(CCN1C2CCC1CC(c1cccc(O)c1)C2)Cc1ccccc1. The third-order valence-corrected chi connectivity index (χ3v) is 7.72. The quantitative estimate of drug-likeness (QED) is 0.561. The standard InChI is InChI=1S/C28H38N2O2/c1-3-22(4-2)28(32)29(20-21-9-6-5-7-10-21)15-16-30-25-13-14-26(30)18-24(17-25)23-11-8-12-27(31)19-23/h5-12,19,22,24-26,31H,3-4,13-18,20H2,1-2H3. The minimum atomic E-state index is 0.118. The van der Waals surface area contributed by atoms with Gasteiger partial charge in [-0.15, -0.1) is 0 Å². The highest BCUT2D eigenvalue weighted by molar-refractivity contribution is 5.78. The predicted molar refractivity (Wildman–Crippen MR) is 130 cm³/mol. The maximum Gasteiger partial charge on any atom is 0.226 e. The predicted octanol–water partition coefficient (Wildman–Crippen LogP) is 5.57. The number of benzene rings is 2. The van der Waals surface area contributed by atoms with Gasteiger partial charge in [0.2, 0.25) is 5.91 Å². The Balaban J connectivity index is 1.42. The number of nitrogens with zero attached hydrogens (tertiary/aromatic N) is 2. The van der Waals surface area contributed by atoms with Crippen LogP contribution in [0.3, 0.4) is 0 Å². The maximum absolute atomic E-state index is 13.3. The van der Waals surface area contributed by atoms with Crippen molar-refractivity contribution in [2.24, 2.45) is 5.92 Å². The molecule has 0 aliphatic carbocycles. The molecule has 32 heavy (non-hydrogen) atoms. The molecule has 0 aromatic heterocycles. The molecule has 2 fully saturated rings. The lowest BCUT2D eigenvalue weighted by Gasteiger charge is -2.40. The minimum absolute atomic E-state index is 0.118. The van der Waals surface area contributed by atoms with Gasteiger partial charge in [-0.25, -0.2) is 0 Å². The largest absolute Gasteiger partial charge is 0.508 e. The number of piperidine rings is 1. The number of fused-ring (bicyclic) bond motifs is 2. The van der Waals surface area contributed by atoms with E-state index in [2.05, 4.69) is 54.0 Å². The monoisotopic (exact) mass is 434 g/mol. The number of rotatable bonds is 9. The summed E-state index contributed by atoms with van der Waals surface area (Å²) in [5.74, 6) is 1.32. The Morgan fingerprint density at radius 1 is 1.03 bits per heavy atom. The van der Waals surface area contributed by atoms with Crippen LogP contribution >= 0.6 is 0 Å². The highest BCUT2D eigenvalue weighted by Gasteiger charge is 2.41. The lowest BCUT2D eigenvalue weighted by molar-refractivity contribution is -0.136. The zero-order valence-corrected chi connectivity index (χ0v) is 19.6. The Hall–Kier alpha value is -2.33. The fourth-order valence-electron chi connectivity index (χ4n) is 5.89. The summed E-state index contributed by atoms with van der Waals surface area (Å²) in [5, 5.41) is 9.90. The van der Waals surface area contributed by atoms with Gasteiger partial charge in [0, 0.05) is 37.6 Å². The van der Waals surface area contributed by atoms with Crippen LogP contribution in [0.1, 0.15) is 69.4 Å². The molecule has 4 heteroatoms. The molecule has 2 aromatic rings. The van der Waals surface area contributed by atoms with Crippen LogP contribution in [0.5, 0.6) is 5.75 Å². The normalized spacial score (nSPS) is 22.9. The Labute approximate surface area is 193 Å². The first kappa shape index (κ1) is 22.8. The van der Waals surface area contributed by atoms with E-state index < -0.39 is 0 Å². The molecule has 2 aromatic carbocycles. The summed E-state index contributed by atoms with van der Waals surface area (Å²) in [4.78, 5) is 18.1. The first-order valence-corrected chi connectivity index (χ1v) is 12.5. The van der Waals surface area contributed by atoms with Crippen LogP contribution in [0.15, 0.2) is 54.6 Å². The van der Waals surface area contributed by atoms with Gasteiger partial charge in [-0.3, -0.25) is 9.69 Å². The number of hydrogen-bond acceptors (Lipinski definition) is 3. The second-order valence-electron chi connectivity index (χ2n) is 9.64. The topological polar surface area (TPSA) is 43.8 Å². The van der Waals surface area contributed by atoms with Crippen LogP contribution in [0, 0.1) is 5.92 Å². The van der Waals surface area contributed by atoms with Crippen molar-refractivity contribution in [2.45, 2.75) is 76.9 Å². The molecule has 0 radical (unpaired) electrons. The summed E-state index contributed by atoms with van der Waals surface area (Å²) in [6, 6.07) is 19.4. The van der Waals surface area contributed by atoms with Gasteiger partial charge in [0.05, 0.1) is 0 Å². The van der Waals surface area contributed by atoms with Crippen LogP contribution in [0.25, 0.3) is 0 Å². The van der Waals surface area contributed by atoms with Crippen molar-refractivity contribution >= 4 is 5.91 Å². The van der Waals surface area contributed by atoms with E-state index in [1.807, 2.05) is 18.2 Å². The lowest BCUT2D eigenvalue weighted by Crippen LogP contribution is -2.47. The van der Waals surface area contributed by atoms with Crippen molar-refractivity contribution in [3.05, 3.63) is 65.7 Å². The summed E-state index contributed by atoms with van der Waals surface area (Å²) in [6.45, 7) is 6.71. The first-order valence-electron chi connectivity index (χ1n) is 12.5. The van der Waals surface area contributed by atoms with Gasteiger partial charge in [-0.05, 0) is 67.7 Å². The van der Waals surface area contributed by atoms with E-state index in [-0.39, 0.29) is 5.92 Å². The van der Waals surface area contributed by atoms with Crippen molar-refractivity contribution in [3.63, 3.8) is 0 Å². The number of aromatic hydroxyl groups is 1. The molecule has 1 N–H and O–H groups in total.